The first-order valence-corrected chi connectivity index (χ1v) is 27.3. The SMILES string of the molecule is CCCCC/C=C\C/C=C\CCCCCCCC(=O)OC(COC(=O)CCCCCCCCCCCCCCCCCCCCCCCCCCC)COP(=O)(O)OCCN. The zero-order valence-corrected chi connectivity index (χ0v) is 40.8. The molecule has 0 amide bonds. The van der Waals surface area contributed by atoms with Crippen molar-refractivity contribution in [1.82, 2.24) is 0 Å². The van der Waals surface area contributed by atoms with Gasteiger partial charge >= 0.3 is 19.8 Å². The Hall–Kier alpha value is -1.51. The number of unbranched alkanes of at least 4 members (excludes halogenated alkanes) is 32. The van der Waals surface area contributed by atoms with E-state index in [-0.39, 0.29) is 38.6 Å². The van der Waals surface area contributed by atoms with Crippen LogP contribution in [0.1, 0.15) is 258 Å². The molecule has 360 valence electrons. The van der Waals surface area contributed by atoms with Crippen molar-refractivity contribution in [2.24, 2.45) is 5.73 Å². The van der Waals surface area contributed by atoms with Gasteiger partial charge in [-0.15, -0.1) is 0 Å². The Morgan fingerprint density at radius 3 is 1.28 bits per heavy atom. The second-order valence-electron chi connectivity index (χ2n) is 17.4. The predicted molar refractivity (Wildman–Crippen MR) is 257 cm³/mol. The molecule has 2 unspecified atom stereocenters. The highest BCUT2D eigenvalue weighted by molar-refractivity contribution is 7.47. The molecule has 0 bridgehead atoms. The lowest BCUT2D eigenvalue weighted by Crippen LogP contribution is -2.29. The molecule has 61 heavy (non-hydrogen) atoms. The molecule has 0 aromatic carbocycles. The molecule has 2 atom stereocenters. The summed E-state index contributed by atoms with van der Waals surface area (Å²) in [4.78, 5) is 35.0. The molecule has 0 spiro atoms. The fourth-order valence-electron chi connectivity index (χ4n) is 7.49. The van der Waals surface area contributed by atoms with Crippen LogP contribution in [0.3, 0.4) is 0 Å². The number of nitrogens with two attached hydrogens (primary N) is 1. The molecule has 0 heterocycles. The molecule has 0 aliphatic heterocycles. The molecule has 0 fully saturated rings. The van der Waals surface area contributed by atoms with Gasteiger partial charge in [-0.25, -0.2) is 4.57 Å². The number of allylic oxidation sites excluding steroid dienone is 4. The van der Waals surface area contributed by atoms with Gasteiger partial charge in [-0.05, 0) is 44.9 Å². The van der Waals surface area contributed by atoms with Crippen LogP contribution in [0.5, 0.6) is 0 Å². The van der Waals surface area contributed by atoms with Crippen molar-refractivity contribution in [3.05, 3.63) is 24.3 Å². The van der Waals surface area contributed by atoms with Crippen molar-refractivity contribution < 1.29 is 37.6 Å². The second kappa shape index (κ2) is 48.0. The lowest BCUT2D eigenvalue weighted by molar-refractivity contribution is -0.161. The lowest BCUT2D eigenvalue weighted by Gasteiger charge is -2.19. The molecule has 3 N–H and O–H groups in total. The fraction of sp³-hybridized carbons (Fsp3) is 0.882. The average molecular weight is 884 g/mol. The van der Waals surface area contributed by atoms with Crippen LogP contribution in [0.25, 0.3) is 0 Å². The summed E-state index contributed by atoms with van der Waals surface area (Å²) >= 11 is 0. The molecule has 0 aromatic rings. The summed E-state index contributed by atoms with van der Waals surface area (Å²) in [6.07, 6.45) is 53.7. The summed E-state index contributed by atoms with van der Waals surface area (Å²) in [6.45, 7) is 3.73. The maximum atomic E-state index is 12.6. The van der Waals surface area contributed by atoms with Gasteiger partial charge < -0.3 is 20.1 Å². The molecular weight excluding hydrogens is 786 g/mol. The first kappa shape index (κ1) is 59.5. The van der Waals surface area contributed by atoms with Crippen LogP contribution in [0.4, 0.5) is 0 Å². The highest BCUT2D eigenvalue weighted by Gasteiger charge is 2.26. The van der Waals surface area contributed by atoms with E-state index >= 15 is 0 Å². The summed E-state index contributed by atoms with van der Waals surface area (Å²) in [5.41, 5.74) is 5.36. The Balaban J connectivity index is 3.96. The number of phosphoric ester groups is 1. The summed E-state index contributed by atoms with van der Waals surface area (Å²) < 4.78 is 32.9. The first-order valence-electron chi connectivity index (χ1n) is 25.8. The molecule has 0 saturated carbocycles. The zero-order chi connectivity index (χ0) is 44.6. The summed E-state index contributed by atoms with van der Waals surface area (Å²) in [5, 5.41) is 0. The van der Waals surface area contributed by atoms with E-state index in [1.807, 2.05) is 0 Å². The average Bonchev–Trinajstić information content (AvgIpc) is 3.25. The van der Waals surface area contributed by atoms with Gasteiger partial charge in [0.25, 0.3) is 0 Å². The number of carbonyl (C=O) groups is 2. The largest absolute Gasteiger partial charge is 0.472 e. The third-order valence-corrected chi connectivity index (χ3v) is 12.3. The highest BCUT2D eigenvalue weighted by Crippen LogP contribution is 2.43. The van der Waals surface area contributed by atoms with E-state index in [9.17, 15) is 19.0 Å². The van der Waals surface area contributed by atoms with Gasteiger partial charge in [-0.3, -0.25) is 18.6 Å². The van der Waals surface area contributed by atoms with E-state index in [0.29, 0.717) is 6.42 Å². The quantitative estimate of drug-likeness (QED) is 0.0265. The zero-order valence-electron chi connectivity index (χ0n) is 39.9. The standard InChI is InChI=1S/C51H98NO8P/c1-3-5-7-9-11-13-15-17-19-20-21-22-23-24-25-26-27-28-30-31-33-35-37-39-41-43-50(53)57-47-49(48-59-61(55,56)58-46-45-52)60-51(54)44-42-40-38-36-34-32-29-18-16-14-12-10-8-6-4-2/h12,14,18,29,49H,3-11,13,15-17,19-28,30-48,52H2,1-2H3,(H,55,56)/b14-12-,29-18-. The lowest BCUT2D eigenvalue weighted by atomic mass is 10.0. The molecule has 0 rings (SSSR count). The van der Waals surface area contributed by atoms with E-state index in [1.165, 1.54) is 167 Å². The number of hydrogen-bond donors (Lipinski definition) is 2. The topological polar surface area (TPSA) is 134 Å². The summed E-state index contributed by atoms with van der Waals surface area (Å²) in [7, 11) is -4.38. The van der Waals surface area contributed by atoms with Gasteiger partial charge in [0.1, 0.15) is 6.61 Å². The van der Waals surface area contributed by atoms with Crippen LogP contribution in [0, 0.1) is 0 Å². The molecular formula is C51H98NO8P. The van der Waals surface area contributed by atoms with Gasteiger partial charge in [-0.2, -0.15) is 0 Å². The van der Waals surface area contributed by atoms with Crippen LogP contribution in [-0.2, 0) is 32.7 Å². The predicted octanol–water partition coefficient (Wildman–Crippen LogP) is 15.5. The van der Waals surface area contributed by atoms with Crippen LogP contribution in [0.15, 0.2) is 24.3 Å². The van der Waals surface area contributed by atoms with Gasteiger partial charge in [0, 0.05) is 19.4 Å². The van der Waals surface area contributed by atoms with Crippen molar-refractivity contribution in [3.63, 3.8) is 0 Å². The number of rotatable bonds is 49. The molecule has 0 aliphatic rings. The second-order valence-corrected chi connectivity index (χ2v) is 18.9. The van der Waals surface area contributed by atoms with Crippen LogP contribution < -0.4 is 5.73 Å². The van der Waals surface area contributed by atoms with Crippen molar-refractivity contribution in [2.45, 2.75) is 264 Å². The molecule has 0 radical (unpaired) electrons. The van der Waals surface area contributed by atoms with Crippen molar-refractivity contribution in [2.75, 3.05) is 26.4 Å². The third-order valence-electron chi connectivity index (χ3n) is 11.3. The number of esters is 2. The maximum Gasteiger partial charge on any atom is 0.472 e. The van der Waals surface area contributed by atoms with E-state index in [4.69, 9.17) is 24.3 Å². The Kier molecular flexibility index (Phi) is 46.8. The Labute approximate surface area is 376 Å². The van der Waals surface area contributed by atoms with Crippen molar-refractivity contribution in [3.8, 4) is 0 Å². The number of hydrogen-bond acceptors (Lipinski definition) is 8. The smallest absolute Gasteiger partial charge is 0.462 e. The monoisotopic (exact) mass is 884 g/mol. The minimum Gasteiger partial charge on any atom is -0.462 e. The number of phosphoric acid groups is 1. The summed E-state index contributed by atoms with van der Waals surface area (Å²) in [5.74, 6) is -0.832. The van der Waals surface area contributed by atoms with Crippen LogP contribution in [-0.4, -0.2) is 49.3 Å². The van der Waals surface area contributed by atoms with E-state index < -0.39 is 26.5 Å². The van der Waals surface area contributed by atoms with Gasteiger partial charge in [0.2, 0.25) is 0 Å². The van der Waals surface area contributed by atoms with Crippen molar-refractivity contribution >= 4 is 19.8 Å². The highest BCUT2D eigenvalue weighted by atomic mass is 31.2. The normalized spacial score (nSPS) is 13.3. The minimum atomic E-state index is -4.38. The summed E-state index contributed by atoms with van der Waals surface area (Å²) in [6, 6.07) is 0. The Morgan fingerprint density at radius 2 is 0.852 bits per heavy atom. The van der Waals surface area contributed by atoms with E-state index in [1.54, 1.807) is 0 Å². The van der Waals surface area contributed by atoms with Crippen molar-refractivity contribution in [1.29, 1.82) is 0 Å². The van der Waals surface area contributed by atoms with Gasteiger partial charge in [0.05, 0.1) is 13.2 Å². The molecule has 9 nitrogen and oxygen atoms in total. The molecule has 10 heteroatoms. The van der Waals surface area contributed by atoms with Gasteiger partial charge in [-0.1, -0.05) is 224 Å². The Morgan fingerprint density at radius 1 is 0.492 bits per heavy atom. The van der Waals surface area contributed by atoms with Gasteiger partial charge in [0.15, 0.2) is 6.10 Å². The molecule has 0 aromatic heterocycles. The fourth-order valence-corrected chi connectivity index (χ4v) is 8.26. The number of carbonyl (C=O) groups excluding carboxylic acids is 2. The van der Waals surface area contributed by atoms with Crippen LogP contribution in [0.2, 0.25) is 0 Å². The molecule has 0 aliphatic carbocycles. The first-order chi connectivity index (χ1) is 29.8. The van der Waals surface area contributed by atoms with E-state index in [0.717, 1.165) is 57.8 Å². The van der Waals surface area contributed by atoms with Crippen LogP contribution >= 0.6 is 7.82 Å². The Bertz CT molecular complexity index is 1050. The maximum absolute atomic E-state index is 12.6. The minimum absolute atomic E-state index is 0.0527. The third kappa shape index (κ3) is 47.8. The molecule has 0 saturated heterocycles. The van der Waals surface area contributed by atoms with E-state index in [2.05, 4.69) is 38.2 Å². The number of ether oxygens (including phenoxy) is 2.